The third-order valence-electron chi connectivity index (χ3n) is 5.23. The number of carbonyl (C=O) groups excluding carboxylic acids is 1. The Hall–Kier alpha value is -2.13. The quantitative estimate of drug-likeness (QED) is 0.864. The molecular weight excluding hydrogens is 296 g/mol. The van der Waals surface area contributed by atoms with Crippen LogP contribution in [0.1, 0.15) is 35.6 Å². The van der Waals surface area contributed by atoms with Crippen LogP contribution in [0.25, 0.3) is 0 Å². The van der Waals surface area contributed by atoms with Gasteiger partial charge >= 0.3 is 0 Å². The fourth-order valence-corrected chi connectivity index (χ4v) is 4.11. The lowest BCUT2D eigenvalue weighted by Crippen LogP contribution is -2.48. The van der Waals surface area contributed by atoms with Crippen LogP contribution < -0.4 is 0 Å². The maximum atomic E-state index is 13.4. The number of likely N-dealkylation sites (N-methyl/N-ethyl adjacent to an activating group) is 1. The van der Waals surface area contributed by atoms with Crippen LogP contribution >= 0.6 is 0 Å². The standard InChI is InChI=1S/C21H26N2O/c1-22(2)19-14-15-21(20(24)23(3)4,16-10-6-5-7-11-16)18-13-9-8-12-17(18)19/h5-13,19H,14-15H2,1-4H3/t19-,21-/m1/s1. The monoisotopic (exact) mass is 322 g/mol. The summed E-state index contributed by atoms with van der Waals surface area (Å²) in [4.78, 5) is 17.4. The van der Waals surface area contributed by atoms with Crippen LogP contribution in [-0.2, 0) is 10.2 Å². The minimum atomic E-state index is -0.589. The summed E-state index contributed by atoms with van der Waals surface area (Å²) in [6, 6.07) is 19.1. The van der Waals surface area contributed by atoms with Crippen molar-refractivity contribution in [3.8, 4) is 0 Å². The Bertz CT molecular complexity index is 724. The predicted molar refractivity (Wildman–Crippen MR) is 98.0 cm³/mol. The molecule has 24 heavy (non-hydrogen) atoms. The van der Waals surface area contributed by atoms with Gasteiger partial charge in [-0.05, 0) is 43.6 Å². The SMILES string of the molecule is CN(C)C(=O)[C@@]1(c2ccccc2)CC[C@@H](N(C)C)c2ccccc21. The van der Waals surface area contributed by atoms with E-state index < -0.39 is 5.41 Å². The molecule has 1 aliphatic carbocycles. The molecular formula is C21H26N2O. The number of carbonyl (C=O) groups is 1. The Labute approximate surface area is 144 Å². The van der Waals surface area contributed by atoms with E-state index in [1.165, 1.54) is 5.56 Å². The van der Waals surface area contributed by atoms with Gasteiger partial charge in [0.1, 0.15) is 0 Å². The van der Waals surface area contributed by atoms with Crippen LogP contribution in [0.5, 0.6) is 0 Å². The third-order valence-corrected chi connectivity index (χ3v) is 5.23. The first-order valence-corrected chi connectivity index (χ1v) is 8.51. The number of amides is 1. The number of benzene rings is 2. The number of nitrogens with zero attached hydrogens (tertiary/aromatic N) is 2. The van der Waals surface area contributed by atoms with Gasteiger partial charge < -0.3 is 9.80 Å². The van der Waals surface area contributed by atoms with Gasteiger partial charge in [-0.25, -0.2) is 0 Å². The Morgan fingerprint density at radius 3 is 2.21 bits per heavy atom. The molecule has 0 saturated heterocycles. The third kappa shape index (κ3) is 2.53. The lowest BCUT2D eigenvalue weighted by atomic mass is 9.63. The Morgan fingerprint density at radius 1 is 0.958 bits per heavy atom. The summed E-state index contributed by atoms with van der Waals surface area (Å²) in [6.07, 6.45) is 1.80. The highest BCUT2D eigenvalue weighted by molar-refractivity contribution is 5.92. The summed E-state index contributed by atoms with van der Waals surface area (Å²) >= 11 is 0. The summed E-state index contributed by atoms with van der Waals surface area (Å²) in [6.45, 7) is 0. The summed E-state index contributed by atoms with van der Waals surface area (Å²) in [5.74, 6) is 0.165. The van der Waals surface area contributed by atoms with Gasteiger partial charge in [-0.3, -0.25) is 4.79 Å². The number of hydrogen-bond donors (Lipinski definition) is 0. The molecule has 3 rings (SSSR count). The van der Waals surface area contributed by atoms with Crippen LogP contribution in [0.3, 0.4) is 0 Å². The molecule has 0 unspecified atom stereocenters. The Kier molecular flexibility index (Phi) is 4.46. The van der Waals surface area contributed by atoms with Crippen molar-refractivity contribution in [1.29, 1.82) is 0 Å². The molecule has 0 aliphatic heterocycles. The van der Waals surface area contributed by atoms with E-state index in [1.54, 1.807) is 4.90 Å². The van der Waals surface area contributed by atoms with E-state index in [4.69, 9.17) is 0 Å². The lowest BCUT2D eigenvalue weighted by molar-refractivity contribution is -0.134. The maximum Gasteiger partial charge on any atom is 0.237 e. The second-order valence-corrected chi connectivity index (χ2v) is 7.08. The molecule has 0 bridgehead atoms. The largest absolute Gasteiger partial charge is 0.348 e. The zero-order chi connectivity index (χ0) is 17.3. The number of fused-ring (bicyclic) bond motifs is 1. The van der Waals surface area contributed by atoms with Gasteiger partial charge in [0.2, 0.25) is 5.91 Å². The van der Waals surface area contributed by atoms with E-state index in [0.717, 1.165) is 24.0 Å². The molecule has 126 valence electrons. The molecule has 2 aromatic carbocycles. The highest BCUT2D eigenvalue weighted by Gasteiger charge is 2.47. The molecule has 2 aromatic rings. The van der Waals surface area contributed by atoms with E-state index >= 15 is 0 Å². The van der Waals surface area contributed by atoms with Gasteiger partial charge in [0.25, 0.3) is 0 Å². The van der Waals surface area contributed by atoms with Crippen molar-refractivity contribution in [3.63, 3.8) is 0 Å². The Morgan fingerprint density at radius 2 is 1.58 bits per heavy atom. The minimum absolute atomic E-state index is 0.165. The summed E-state index contributed by atoms with van der Waals surface area (Å²) in [7, 11) is 7.94. The number of hydrogen-bond acceptors (Lipinski definition) is 2. The van der Waals surface area contributed by atoms with Gasteiger partial charge in [-0.15, -0.1) is 0 Å². The van der Waals surface area contributed by atoms with Gasteiger partial charge in [-0.2, -0.15) is 0 Å². The molecule has 1 amide bonds. The molecule has 0 heterocycles. The van der Waals surface area contributed by atoms with Gasteiger partial charge in [0.05, 0.1) is 5.41 Å². The van der Waals surface area contributed by atoms with Crippen molar-refractivity contribution < 1.29 is 4.79 Å². The average Bonchev–Trinajstić information content (AvgIpc) is 2.60. The molecule has 0 fully saturated rings. The van der Waals surface area contributed by atoms with Crippen LogP contribution in [0.2, 0.25) is 0 Å². The van der Waals surface area contributed by atoms with Crippen molar-refractivity contribution >= 4 is 5.91 Å². The van der Waals surface area contributed by atoms with Gasteiger partial charge in [0.15, 0.2) is 0 Å². The molecule has 0 N–H and O–H groups in total. The first-order chi connectivity index (χ1) is 11.5. The van der Waals surface area contributed by atoms with E-state index in [9.17, 15) is 4.79 Å². The van der Waals surface area contributed by atoms with Crippen molar-refractivity contribution in [2.24, 2.45) is 0 Å². The molecule has 3 nitrogen and oxygen atoms in total. The topological polar surface area (TPSA) is 23.6 Å². The summed E-state index contributed by atoms with van der Waals surface area (Å²) < 4.78 is 0. The zero-order valence-electron chi connectivity index (χ0n) is 15.0. The number of rotatable bonds is 3. The predicted octanol–water partition coefficient (Wildman–Crippen LogP) is 3.46. The molecule has 0 spiro atoms. The van der Waals surface area contributed by atoms with Crippen LogP contribution in [-0.4, -0.2) is 43.9 Å². The van der Waals surface area contributed by atoms with Gasteiger partial charge in [0, 0.05) is 20.1 Å². The smallest absolute Gasteiger partial charge is 0.237 e. The van der Waals surface area contributed by atoms with Crippen LogP contribution in [0.4, 0.5) is 0 Å². The molecule has 0 radical (unpaired) electrons. The van der Waals surface area contributed by atoms with Crippen molar-refractivity contribution in [2.75, 3.05) is 28.2 Å². The highest BCUT2D eigenvalue weighted by Crippen LogP contribution is 2.48. The van der Waals surface area contributed by atoms with E-state index in [0.29, 0.717) is 6.04 Å². The van der Waals surface area contributed by atoms with Gasteiger partial charge in [-0.1, -0.05) is 54.6 Å². The summed E-state index contributed by atoms with van der Waals surface area (Å²) in [5, 5.41) is 0. The summed E-state index contributed by atoms with van der Waals surface area (Å²) in [5.41, 5.74) is 2.93. The molecule has 0 saturated carbocycles. The fraction of sp³-hybridized carbons (Fsp3) is 0.381. The van der Waals surface area contributed by atoms with Crippen LogP contribution in [0, 0.1) is 0 Å². The highest BCUT2D eigenvalue weighted by atomic mass is 16.2. The average molecular weight is 322 g/mol. The lowest BCUT2D eigenvalue weighted by Gasteiger charge is -2.44. The first-order valence-electron chi connectivity index (χ1n) is 8.51. The second kappa shape index (κ2) is 6.40. The van der Waals surface area contributed by atoms with Crippen molar-refractivity contribution in [3.05, 3.63) is 71.3 Å². The molecule has 3 heteroatoms. The maximum absolute atomic E-state index is 13.4. The van der Waals surface area contributed by atoms with Crippen molar-refractivity contribution in [2.45, 2.75) is 24.3 Å². The molecule has 0 aromatic heterocycles. The van der Waals surface area contributed by atoms with E-state index in [1.807, 2.05) is 32.3 Å². The fourth-order valence-electron chi connectivity index (χ4n) is 4.11. The Balaban J connectivity index is 2.27. The van der Waals surface area contributed by atoms with E-state index in [-0.39, 0.29) is 5.91 Å². The molecule has 1 aliphatic rings. The van der Waals surface area contributed by atoms with E-state index in [2.05, 4.69) is 55.4 Å². The first kappa shape index (κ1) is 16.7. The minimum Gasteiger partial charge on any atom is -0.348 e. The van der Waals surface area contributed by atoms with Crippen molar-refractivity contribution in [1.82, 2.24) is 9.80 Å². The van der Waals surface area contributed by atoms with Crippen LogP contribution in [0.15, 0.2) is 54.6 Å². The zero-order valence-corrected chi connectivity index (χ0v) is 15.0. The normalized spacial score (nSPS) is 23.0. The second-order valence-electron chi connectivity index (χ2n) is 7.08. The molecule has 2 atom stereocenters.